The van der Waals surface area contributed by atoms with Crippen molar-refractivity contribution < 1.29 is 4.74 Å². The summed E-state index contributed by atoms with van der Waals surface area (Å²) >= 11 is 1.54. The predicted molar refractivity (Wildman–Crippen MR) is 94.8 cm³/mol. The second kappa shape index (κ2) is 6.29. The van der Waals surface area contributed by atoms with E-state index in [4.69, 9.17) is 4.74 Å². The molecule has 2 N–H and O–H groups in total. The number of aromatic nitrogens is 4. The van der Waals surface area contributed by atoms with Crippen LogP contribution in [-0.2, 0) is 6.61 Å². The van der Waals surface area contributed by atoms with Gasteiger partial charge in [-0.25, -0.2) is 15.0 Å². The fourth-order valence-electron chi connectivity index (χ4n) is 2.41. The normalized spacial score (nSPS) is 10.9. The number of rotatable bonds is 5. The average Bonchev–Trinajstić information content (AvgIpc) is 3.23. The van der Waals surface area contributed by atoms with Crippen LogP contribution in [-0.4, -0.2) is 19.9 Å². The van der Waals surface area contributed by atoms with Gasteiger partial charge in [0.15, 0.2) is 16.7 Å². The third kappa shape index (κ3) is 2.93. The fraction of sp³-hybridized carbons (Fsp3) is 0.118. The summed E-state index contributed by atoms with van der Waals surface area (Å²) in [5.41, 5.74) is 3.92. The number of thiazole rings is 1. The fourth-order valence-corrected chi connectivity index (χ4v) is 3.10. The molecular formula is C17H15N5OS. The van der Waals surface area contributed by atoms with E-state index in [2.05, 4.69) is 25.3 Å². The van der Waals surface area contributed by atoms with Crippen LogP contribution in [0.4, 0.5) is 10.9 Å². The molecule has 0 aliphatic heterocycles. The Morgan fingerprint density at radius 1 is 1.21 bits per heavy atom. The number of para-hydroxylation sites is 1. The van der Waals surface area contributed by atoms with Crippen LogP contribution in [0.15, 0.2) is 48.2 Å². The van der Waals surface area contributed by atoms with Crippen molar-refractivity contribution in [1.82, 2.24) is 19.9 Å². The minimum absolute atomic E-state index is 0.416. The topological polar surface area (TPSA) is 75.7 Å². The average molecular weight is 337 g/mol. The molecule has 0 aliphatic carbocycles. The second-order valence-electron chi connectivity index (χ2n) is 5.27. The van der Waals surface area contributed by atoms with Crippen molar-refractivity contribution in [2.24, 2.45) is 0 Å². The molecular weight excluding hydrogens is 322 g/mol. The molecule has 0 bridgehead atoms. The first kappa shape index (κ1) is 14.6. The Bertz CT molecular complexity index is 978. The second-order valence-corrected chi connectivity index (χ2v) is 6.13. The van der Waals surface area contributed by atoms with E-state index >= 15 is 0 Å². The van der Waals surface area contributed by atoms with E-state index in [9.17, 15) is 0 Å². The highest BCUT2D eigenvalue weighted by molar-refractivity contribution is 7.13. The van der Waals surface area contributed by atoms with Crippen LogP contribution in [0.1, 0.15) is 11.3 Å². The molecule has 0 unspecified atom stereocenters. The quantitative estimate of drug-likeness (QED) is 0.575. The van der Waals surface area contributed by atoms with Crippen molar-refractivity contribution in [2.45, 2.75) is 13.5 Å². The Labute approximate surface area is 142 Å². The van der Waals surface area contributed by atoms with Gasteiger partial charge in [0.1, 0.15) is 6.61 Å². The number of H-pyrrole nitrogens is 1. The number of pyridine rings is 1. The molecule has 0 spiro atoms. The van der Waals surface area contributed by atoms with Gasteiger partial charge in [0.2, 0.25) is 0 Å². The summed E-state index contributed by atoms with van der Waals surface area (Å²) in [4.78, 5) is 16.2. The summed E-state index contributed by atoms with van der Waals surface area (Å²) in [6.07, 6.45) is 3.42. The van der Waals surface area contributed by atoms with E-state index in [1.165, 1.54) is 11.3 Å². The van der Waals surface area contributed by atoms with Crippen LogP contribution in [0, 0.1) is 6.92 Å². The van der Waals surface area contributed by atoms with Gasteiger partial charge in [0.25, 0.3) is 0 Å². The highest BCUT2D eigenvalue weighted by Gasteiger charge is 2.09. The number of ether oxygens (including phenoxy) is 1. The van der Waals surface area contributed by atoms with E-state index in [0.717, 1.165) is 27.4 Å². The van der Waals surface area contributed by atoms with Crippen LogP contribution >= 0.6 is 11.3 Å². The Hall–Kier alpha value is -2.93. The molecule has 4 rings (SSSR count). The van der Waals surface area contributed by atoms with Crippen LogP contribution < -0.4 is 10.1 Å². The first-order valence-corrected chi connectivity index (χ1v) is 8.35. The maximum Gasteiger partial charge on any atom is 0.188 e. The Morgan fingerprint density at radius 2 is 2.17 bits per heavy atom. The van der Waals surface area contributed by atoms with E-state index < -0.39 is 0 Å². The van der Waals surface area contributed by atoms with Crippen LogP contribution in [0.2, 0.25) is 0 Å². The third-order valence-corrected chi connectivity index (χ3v) is 4.41. The van der Waals surface area contributed by atoms with Gasteiger partial charge in [-0.15, -0.1) is 11.3 Å². The lowest BCUT2D eigenvalue weighted by molar-refractivity contribution is 0.308. The molecule has 0 fully saturated rings. The van der Waals surface area contributed by atoms with Crippen molar-refractivity contribution in [3.63, 3.8) is 0 Å². The first-order chi connectivity index (χ1) is 11.8. The third-order valence-electron chi connectivity index (χ3n) is 3.53. The molecule has 4 aromatic rings. The summed E-state index contributed by atoms with van der Waals surface area (Å²) in [5, 5.41) is 6.00. The zero-order valence-electron chi connectivity index (χ0n) is 13.0. The number of hydrogen-bond acceptors (Lipinski definition) is 6. The lowest BCUT2D eigenvalue weighted by Gasteiger charge is -2.11. The van der Waals surface area contributed by atoms with Gasteiger partial charge in [-0.1, -0.05) is 12.1 Å². The van der Waals surface area contributed by atoms with E-state index in [0.29, 0.717) is 18.2 Å². The minimum atomic E-state index is 0.416. The zero-order chi connectivity index (χ0) is 16.4. The summed E-state index contributed by atoms with van der Waals surface area (Å²) in [7, 11) is 0. The maximum atomic E-state index is 5.98. The van der Waals surface area contributed by atoms with E-state index in [1.54, 1.807) is 12.5 Å². The monoisotopic (exact) mass is 337 g/mol. The number of aryl methyl sites for hydroxylation is 1. The van der Waals surface area contributed by atoms with Gasteiger partial charge < -0.3 is 15.0 Å². The van der Waals surface area contributed by atoms with Crippen molar-refractivity contribution in [3.05, 3.63) is 59.5 Å². The molecule has 7 heteroatoms. The molecule has 0 saturated carbocycles. The SMILES string of the molecule is Cc1csc(Nc2ncccc2OCc2cccc3[nH]cnc23)n1. The summed E-state index contributed by atoms with van der Waals surface area (Å²) in [6.45, 7) is 2.38. The van der Waals surface area contributed by atoms with Gasteiger partial charge in [-0.3, -0.25) is 0 Å². The van der Waals surface area contributed by atoms with Gasteiger partial charge in [-0.2, -0.15) is 0 Å². The van der Waals surface area contributed by atoms with Gasteiger partial charge in [0.05, 0.1) is 23.1 Å². The number of nitrogens with one attached hydrogen (secondary N) is 2. The predicted octanol–water partition coefficient (Wildman–Crippen LogP) is 4.05. The molecule has 6 nitrogen and oxygen atoms in total. The smallest absolute Gasteiger partial charge is 0.188 e. The number of aromatic amines is 1. The van der Waals surface area contributed by atoms with Crippen molar-refractivity contribution in [1.29, 1.82) is 0 Å². The lowest BCUT2D eigenvalue weighted by Crippen LogP contribution is -2.01. The Kier molecular flexibility index (Phi) is 3.84. The zero-order valence-corrected chi connectivity index (χ0v) is 13.8. The first-order valence-electron chi connectivity index (χ1n) is 7.47. The van der Waals surface area contributed by atoms with Crippen LogP contribution in [0.25, 0.3) is 11.0 Å². The molecule has 24 heavy (non-hydrogen) atoms. The number of fused-ring (bicyclic) bond motifs is 1. The standard InChI is InChI=1S/C17H15N5OS/c1-11-9-24-17(21-11)22-16-14(6-3-7-18-16)23-8-12-4-2-5-13-15(12)20-10-19-13/h2-7,9-10H,8H2,1H3,(H,19,20)(H,18,21,22). The molecule has 0 amide bonds. The van der Waals surface area contributed by atoms with Crippen molar-refractivity contribution >= 4 is 33.3 Å². The minimum Gasteiger partial charge on any atom is -0.485 e. The van der Waals surface area contributed by atoms with Gasteiger partial charge in [0, 0.05) is 17.1 Å². The van der Waals surface area contributed by atoms with Crippen LogP contribution in [0.5, 0.6) is 5.75 Å². The number of imidazole rings is 1. The molecule has 3 heterocycles. The highest BCUT2D eigenvalue weighted by atomic mass is 32.1. The summed E-state index contributed by atoms with van der Waals surface area (Å²) in [6, 6.07) is 9.73. The van der Waals surface area contributed by atoms with Gasteiger partial charge in [-0.05, 0) is 25.1 Å². The number of hydrogen-bond donors (Lipinski definition) is 2. The lowest BCUT2D eigenvalue weighted by atomic mass is 10.2. The van der Waals surface area contributed by atoms with E-state index in [-0.39, 0.29) is 0 Å². The Balaban J connectivity index is 1.55. The molecule has 0 aliphatic rings. The van der Waals surface area contributed by atoms with Crippen molar-refractivity contribution in [3.8, 4) is 5.75 Å². The summed E-state index contributed by atoms with van der Waals surface area (Å²) in [5.74, 6) is 1.33. The molecule has 1 aromatic carbocycles. The van der Waals surface area contributed by atoms with E-state index in [1.807, 2.05) is 42.6 Å². The van der Waals surface area contributed by atoms with Crippen molar-refractivity contribution in [2.75, 3.05) is 5.32 Å². The van der Waals surface area contributed by atoms with Gasteiger partial charge >= 0.3 is 0 Å². The number of anilines is 2. The number of benzene rings is 1. The highest BCUT2D eigenvalue weighted by Crippen LogP contribution is 2.28. The molecule has 0 atom stereocenters. The molecule has 3 aromatic heterocycles. The number of nitrogens with zero attached hydrogens (tertiary/aromatic N) is 3. The molecule has 0 saturated heterocycles. The molecule has 120 valence electrons. The Morgan fingerprint density at radius 3 is 3.04 bits per heavy atom. The maximum absolute atomic E-state index is 5.98. The summed E-state index contributed by atoms with van der Waals surface area (Å²) < 4.78 is 5.98. The molecule has 0 radical (unpaired) electrons. The largest absolute Gasteiger partial charge is 0.485 e. The van der Waals surface area contributed by atoms with Crippen LogP contribution in [0.3, 0.4) is 0 Å².